The van der Waals surface area contributed by atoms with Crippen molar-refractivity contribution in [3.63, 3.8) is 0 Å². The zero-order valence-electron chi connectivity index (χ0n) is 18.6. The van der Waals surface area contributed by atoms with Gasteiger partial charge in [0.2, 0.25) is 10.0 Å². The molecule has 33 heavy (non-hydrogen) atoms. The first kappa shape index (κ1) is 23.1. The second-order valence-corrected chi connectivity index (χ2v) is 10.4. The Morgan fingerprint density at radius 3 is 2.36 bits per heavy atom. The van der Waals surface area contributed by atoms with E-state index in [-0.39, 0.29) is 24.5 Å². The molecule has 0 spiro atoms. The molecular weight excluding hydrogens is 446 g/mol. The predicted octanol–water partition coefficient (Wildman–Crippen LogP) is 0.898. The number of fused-ring (bicyclic) bond motifs is 1. The van der Waals surface area contributed by atoms with E-state index in [0.717, 1.165) is 10.8 Å². The molecule has 2 aliphatic rings. The molecule has 0 radical (unpaired) electrons. The first-order valence-corrected chi connectivity index (χ1v) is 12.3. The number of nitrogens with one attached hydrogen (secondary N) is 2. The van der Waals surface area contributed by atoms with Crippen LogP contribution in [-0.2, 0) is 19.6 Å². The number of benzene rings is 2. The fourth-order valence-electron chi connectivity index (χ4n) is 3.99. The van der Waals surface area contributed by atoms with Crippen molar-refractivity contribution in [1.29, 1.82) is 0 Å². The second kappa shape index (κ2) is 8.73. The number of hydrazine groups is 1. The van der Waals surface area contributed by atoms with Gasteiger partial charge in [-0.25, -0.2) is 13.2 Å². The molecule has 4 amide bonds. The number of rotatable bonds is 6. The molecule has 1 atom stereocenters. The summed E-state index contributed by atoms with van der Waals surface area (Å²) in [5, 5.41) is 5.11. The van der Waals surface area contributed by atoms with Gasteiger partial charge < -0.3 is 5.32 Å². The first-order chi connectivity index (χ1) is 15.6. The van der Waals surface area contributed by atoms with Gasteiger partial charge in [0.05, 0.1) is 11.4 Å². The topological polar surface area (TPSA) is 119 Å². The molecule has 0 bridgehead atoms. The van der Waals surface area contributed by atoms with Crippen molar-refractivity contribution < 1.29 is 22.8 Å². The predicted molar refractivity (Wildman–Crippen MR) is 121 cm³/mol. The van der Waals surface area contributed by atoms with Crippen LogP contribution in [0, 0.1) is 0 Å². The Kier molecular flexibility index (Phi) is 6.12. The molecule has 0 aromatic heterocycles. The summed E-state index contributed by atoms with van der Waals surface area (Å²) in [4.78, 5) is 38.9. The highest BCUT2D eigenvalue weighted by molar-refractivity contribution is 7.89. The van der Waals surface area contributed by atoms with Crippen LogP contribution >= 0.6 is 0 Å². The number of urea groups is 1. The second-order valence-electron chi connectivity index (χ2n) is 8.48. The minimum Gasteiger partial charge on any atom is -0.322 e. The maximum absolute atomic E-state index is 13.1. The third-order valence-electron chi connectivity index (χ3n) is 6.26. The minimum atomic E-state index is -3.65. The van der Waals surface area contributed by atoms with Crippen LogP contribution in [0.5, 0.6) is 0 Å². The Balaban J connectivity index is 1.34. The molecule has 2 heterocycles. The molecule has 176 valence electrons. The van der Waals surface area contributed by atoms with Gasteiger partial charge in [0.25, 0.3) is 11.8 Å². The average Bonchev–Trinajstić information content (AvgIpc) is 3.02. The molecule has 0 aliphatic carbocycles. The fraction of sp³-hybridized carbons (Fsp3) is 0.409. The van der Waals surface area contributed by atoms with Gasteiger partial charge in [-0.1, -0.05) is 37.3 Å². The third kappa shape index (κ3) is 4.43. The molecule has 4 rings (SSSR count). The Morgan fingerprint density at radius 2 is 1.73 bits per heavy atom. The van der Waals surface area contributed by atoms with Crippen molar-refractivity contribution in [2.24, 2.45) is 0 Å². The van der Waals surface area contributed by atoms with E-state index in [1.807, 2.05) is 24.3 Å². The highest BCUT2D eigenvalue weighted by Gasteiger charge is 2.47. The van der Waals surface area contributed by atoms with Gasteiger partial charge in [-0.05, 0) is 36.2 Å². The summed E-state index contributed by atoms with van der Waals surface area (Å²) >= 11 is 0. The number of carbonyl (C=O) groups is 3. The number of piperazine rings is 1. The molecule has 2 aromatic rings. The Bertz CT molecular complexity index is 1210. The highest BCUT2D eigenvalue weighted by Crippen LogP contribution is 2.23. The van der Waals surface area contributed by atoms with Gasteiger partial charge in [0, 0.05) is 26.2 Å². The number of amides is 4. The quantitative estimate of drug-likeness (QED) is 0.602. The fourth-order valence-corrected chi connectivity index (χ4v) is 5.45. The summed E-state index contributed by atoms with van der Waals surface area (Å²) in [7, 11) is -3.65. The summed E-state index contributed by atoms with van der Waals surface area (Å²) in [6.07, 6.45) is 0.400. The van der Waals surface area contributed by atoms with E-state index < -0.39 is 33.4 Å². The zero-order valence-corrected chi connectivity index (χ0v) is 19.4. The molecule has 10 nitrogen and oxygen atoms in total. The van der Waals surface area contributed by atoms with Crippen LogP contribution in [-0.4, -0.2) is 78.7 Å². The van der Waals surface area contributed by atoms with E-state index in [0.29, 0.717) is 24.5 Å². The maximum Gasteiger partial charge on any atom is 0.344 e. The normalized spacial score (nSPS) is 22.5. The zero-order chi connectivity index (χ0) is 23.8. The molecule has 2 aromatic carbocycles. The van der Waals surface area contributed by atoms with Crippen LogP contribution in [0.3, 0.4) is 0 Å². The van der Waals surface area contributed by atoms with Crippen molar-refractivity contribution in [3.05, 3.63) is 42.5 Å². The molecule has 2 aliphatic heterocycles. The summed E-state index contributed by atoms with van der Waals surface area (Å²) in [5.41, 5.74) is 1.32. The summed E-state index contributed by atoms with van der Waals surface area (Å²) < 4.78 is 27.6. The van der Waals surface area contributed by atoms with Gasteiger partial charge in [0.15, 0.2) is 0 Å². The average molecular weight is 474 g/mol. The lowest BCUT2D eigenvalue weighted by Gasteiger charge is -2.33. The van der Waals surface area contributed by atoms with Crippen molar-refractivity contribution >= 4 is 38.6 Å². The Labute approximate surface area is 192 Å². The Morgan fingerprint density at radius 1 is 1.06 bits per heavy atom. The molecule has 2 saturated heterocycles. The van der Waals surface area contributed by atoms with Crippen LogP contribution in [0.25, 0.3) is 10.8 Å². The van der Waals surface area contributed by atoms with E-state index in [1.54, 1.807) is 36.9 Å². The maximum atomic E-state index is 13.1. The first-order valence-electron chi connectivity index (χ1n) is 10.8. The van der Waals surface area contributed by atoms with Crippen molar-refractivity contribution in [3.8, 4) is 0 Å². The largest absolute Gasteiger partial charge is 0.344 e. The highest BCUT2D eigenvalue weighted by atomic mass is 32.2. The third-order valence-corrected chi connectivity index (χ3v) is 8.16. The smallest absolute Gasteiger partial charge is 0.322 e. The molecule has 11 heteroatoms. The van der Waals surface area contributed by atoms with Gasteiger partial charge in [0.1, 0.15) is 5.54 Å². The lowest BCUT2D eigenvalue weighted by molar-refractivity contribution is -0.139. The van der Waals surface area contributed by atoms with Crippen LogP contribution in [0.1, 0.15) is 20.3 Å². The van der Waals surface area contributed by atoms with Crippen LogP contribution in [0.2, 0.25) is 0 Å². The lowest BCUT2D eigenvalue weighted by Crippen LogP contribution is -2.54. The SMILES string of the molecule is CCC1(C)NC(=O)N(NC(=O)CN2CCN(S(=O)(=O)c3ccc4ccccc4c3)CC2)C1=O. The van der Waals surface area contributed by atoms with Gasteiger partial charge in [-0.2, -0.15) is 9.31 Å². The number of carbonyl (C=O) groups excluding carboxylic acids is 3. The summed E-state index contributed by atoms with van der Waals surface area (Å²) in [6, 6.07) is 12.0. The summed E-state index contributed by atoms with van der Waals surface area (Å²) in [5.74, 6) is -1.01. The molecule has 0 saturated carbocycles. The lowest BCUT2D eigenvalue weighted by atomic mass is 10.00. The molecule has 1 unspecified atom stereocenters. The van der Waals surface area contributed by atoms with E-state index in [4.69, 9.17) is 0 Å². The van der Waals surface area contributed by atoms with Crippen molar-refractivity contribution in [1.82, 2.24) is 25.0 Å². The van der Waals surface area contributed by atoms with E-state index in [2.05, 4.69) is 10.7 Å². The number of sulfonamides is 1. The Hall–Kier alpha value is -3.02. The standard InChI is InChI=1S/C22H27N5O5S/c1-3-22(2)20(29)27(21(30)23-22)24-19(28)15-25-10-12-26(13-11-25)33(31,32)18-9-8-16-6-4-5-7-17(16)14-18/h4-9,14H,3,10-13,15H2,1-2H3,(H,23,30)(H,24,28). The summed E-state index contributed by atoms with van der Waals surface area (Å²) in [6.45, 7) is 4.51. The van der Waals surface area contributed by atoms with Crippen LogP contribution in [0.15, 0.2) is 47.4 Å². The van der Waals surface area contributed by atoms with Gasteiger partial charge in [-0.3, -0.25) is 19.9 Å². The van der Waals surface area contributed by atoms with Crippen molar-refractivity contribution in [2.45, 2.75) is 30.7 Å². The van der Waals surface area contributed by atoms with E-state index >= 15 is 0 Å². The van der Waals surface area contributed by atoms with Crippen LogP contribution < -0.4 is 10.7 Å². The minimum absolute atomic E-state index is 0.0518. The number of hydrogen-bond donors (Lipinski definition) is 2. The number of hydrogen-bond acceptors (Lipinski definition) is 6. The monoisotopic (exact) mass is 473 g/mol. The van der Waals surface area contributed by atoms with Crippen LogP contribution in [0.4, 0.5) is 4.79 Å². The molecule has 2 N–H and O–H groups in total. The van der Waals surface area contributed by atoms with E-state index in [1.165, 1.54) is 4.31 Å². The van der Waals surface area contributed by atoms with Gasteiger partial charge in [-0.15, -0.1) is 0 Å². The van der Waals surface area contributed by atoms with E-state index in [9.17, 15) is 22.8 Å². The number of nitrogens with zero attached hydrogens (tertiary/aromatic N) is 3. The molecule has 2 fully saturated rings. The van der Waals surface area contributed by atoms with Crippen molar-refractivity contribution in [2.75, 3.05) is 32.7 Å². The number of imide groups is 1. The van der Waals surface area contributed by atoms with Gasteiger partial charge >= 0.3 is 6.03 Å². The molecular formula is C22H27N5O5S.